The second-order valence-electron chi connectivity index (χ2n) is 9.54. The molecule has 0 radical (unpaired) electrons. The van der Waals surface area contributed by atoms with Gasteiger partial charge in [0.05, 0.1) is 0 Å². The van der Waals surface area contributed by atoms with Crippen molar-refractivity contribution in [1.29, 1.82) is 0 Å². The molecule has 1 aliphatic rings. The van der Waals surface area contributed by atoms with Gasteiger partial charge in [-0.15, -0.1) is 0 Å². The van der Waals surface area contributed by atoms with E-state index >= 15 is 0 Å². The van der Waals surface area contributed by atoms with Crippen molar-refractivity contribution in [3.8, 4) is 5.75 Å². The van der Waals surface area contributed by atoms with Crippen molar-refractivity contribution in [2.45, 2.75) is 57.7 Å². The molecule has 194 valence electrons. The number of amides is 2. The summed E-state index contributed by atoms with van der Waals surface area (Å²) in [5, 5.41) is 3.18. The Morgan fingerprint density at radius 3 is 2.41 bits per heavy atom. The zero-order valence-electron chi connectivity index (χ0n) is 21.0. The Balaban J connectivity index is 1.60. The number of nitrogens with one attached hydrogen (secondary N) is 1. The van der Waals surface area contributed by atoms with Crippen LogP contribution in [0.25, 0.3) is 0 Å². The molecule has 1 saturated carbocycles. The standard InChI is InChI=1S/C30H32BrFN2O3/c1-21-17-26(15-16-27(21)31)37-20-29(35)34(19-23-11-13-24(32)14-12-23)28(18-22-7-3-2-4-8-22)30(36)33-25-9-5-6-10-25/h2-4,7-8,11-17,25,28H,5-6,9-10,18-20H2,1H3,(H,33,36). The number of carbonyl (C=O) groups excluding carboxylic acids is 2. The Hall–Kier alpha value is -3.19. The topological polar surface area (TPSA) is 58.6 Å². The highest BCUT2D eigenvalue weighted by Gasteiger charge is 2.32. The number of ether oxygens (including phenoxy) is 1. The minimum atomic E-state index is -0.740. The maximum Gasteiger partial charge on any atom is 0.261 e. The van der Waals surface area contributed by atoms with E-state index in [-0.39, 0.29) is 36.8 Å². The van der Waals surface area contributed by atoms with Gasteiger partial charge in [0.15, 0.2) is 6.61 Å². The molecule has 0 aliphatic heterocycles. The van der Waals surface area contributed by atoms with E-state index in [1.54, 1.807) is 23.1 Å². The first-order valence-electron chi connectivity index (χ1n) is 12.7. The smallest absolute Gasteiger partial charge is 0.261 e. The Morgan fingerprint density at radius 2 is 1.73 bits per heavy atom. The number of carbonyl (C=O) groups is 2. The van der Waals surface area contributed by atoms with E-state index in [2.05, 4.69) is 21.2 Å². The van der Waals surface area contributed by atoms with Gasteiger partial charge in [-0.1, -0.05) is 71.2 Å². The molecule has 1 aliphatic carbocycles. The average molecular weight is 567 g/mol. The van der Waals surface area contributed by atoms with E-state index in [4.69, 9.17) is 4.74 Å². The number of hydrogen-bond acceptors (Lipinski definition) is 3. The van der Waals surface area contributed by atoms with Gasteiger partial charge in [-0.2, -0.15) is 0 Å². The summed E-state index contributed by atoms with van der Waals surface area (Å²) in [4.78, 5) is 28.9. The number of halogens is 2. The molecule has 7 heteroatoms. The average Bonchev–Trinajstić information content (AvgIpc) is 3.41. The first kappa shape index (κ1) is 26.9. The minimum Gasteiger partial charge on any atom is -0.484 e. The van der Waals surface area contributed by atoms with Crippen molar-refractivity contribution in [3.05, 3.63) is 99.8 Å². The molecule has 0 aromatic heterocycles. The lowest BCUT2D eigenvalue weighted by molar-refractivity contribution is -0.143. The summed E-state index contributed by atoms with van der Waals surface area (Å²) >= 11 is 3.48. The van der Waals surface area contributed by atoms with Crippen molar-refractivity contribution < 1.29 is 18.7 Å². The molecule has 1 atom stereocenters. The largest absolute Gasteiger partial charge is 0.484 e. The van der Waals surface area contributed by atoms with Crippen LogP contribution in [0, 0.1) is 12.7 Å². The molecule has 0 bridgehead atoms. The monoisotopic (exact) mass is 566 g/mol. The number of nitrogens with zero attached hydrogens (tertiary/aromatic N) is 1. The third-order valence-electron chi connectivity index (χ3n) is 6.73. The molecule has 2 amide bonds. The molecule has 1 fully saturated rings. The van der Waals surface area contributed by atoms with Gasteiger partial charge in [-0.25, -0.2) is 4.39 Å². The number of benzene rings is 3. The normalized spacial score (nSPS) is 14.2. The van der Waals surface area contributed by atoms with Gasteiger partial charge in [0.2, 0.25) is 5.91 Å². The predicted octanol–water partition coefficient (Wildman–Crippen LogP) is 5.97. The molecule has 1 N–H and O–H groups in total. The molecule has 3 aromatic rings. The van der Waals surface area contributed by atoms with Gasteiger partial charge in [0.1, 0.15) is 17.6 Å². The lowest BCUT2D eigenvalue weighted by atomic mass is 10.0. The van der Waals surface area contributed by atoms with E-state index in [1.165, 1.54) is 12.1 Å². The summed E-state index contributed by atoms with van der Waals surface area (Å²) in [7, 11) is 0. The fourth-order valence-corrected chi connectivity index (χ4v) is 4.89. The fourth-order valence-electron chi connectivity index (χ4n) is 4.64. The first-order valence-corrected chi connectivity index (χ1v) is 13.5. The van der Waals surface area contributed by atoms with Crippen LogP contribution in [0.5, 0.6) is 5.75 Å². The van der Waals surface area contributed by atoms with Crippen LogP contribution in [0.4, 0.5) is 4.39 Å². The fraction of sp³-hybridized carbons (Fsp3) is 0.333. The molecular formula is C30H32BrFN2O3. The van der Waals surface area contributed by atoms with Gasteiger partial charge in [0.25, 0.3) is 5.91 Å². The molecule has 0 saturated heterocycles. The number of aryl methyl sites for hydroxylation is 1. The van der Waals surface area contributed by atoms with Gasteiger partial charge < -0.3 is 15.0 Å². The van der Waals surface area contributed by atoms with Crippen molar-refractivity contribution in [2.24, 2.45) is 0 Å². The lowest BCUT2D eigenvalue weighted by Crippen LogP contribution is -2.53. The summed E-state index contributed by atoms with van der Waals surface area (Å²) in [6.07, 6.45) is 4.44. The van der Waals surface area contributed by atoms with Crippen LogP contribution in [0.3, 0.4) is 0 Å². The van der Waals surface area contributed by atoms with E-state index in [1.807, 2.05) is 49.4 Å². The van der Waals surface area contributed by atoms with Crippen LogP contribution in [0.1, 0.15) is 42.4 Å². The van der Waals surface area contributed by atoms with E-state index in [0.29, 0.717) is 12.2 Å². The summed E-state index contributed by atoms with van der Waals surface area (Å²) in [6, 6.07) is 20.6. The molecule has 0 spiro atoms. The van der Waals surface area contributed by atoms with E-state index < -0.39 is 6.04 Å². The second-order valence-corrected chi connectivity index (χ2v) is 10.4. The van der Waals surface area contributed by atoms with E-state index in [0.717, 1.165) is 46.8 Å². The van der Waals surface area contributed by atoms with Gasteiger partial charge in [0, 0.05) is 23.5 Å². The Kier molecular flexibility index (Phi) is 9.34. The third-order valence-corrected chi connectivity index (χ3v) is 7.62. The summed E-state index contributed by atoms with van der Waals surface area (Å²) in [5.74, 6) is -0.265. The van der Waals surface area contributed by atoms with Gasteiger partial charge in [-0.05, 0) is 66.8 Å². The SMILES string of the molecule is Cc1cc(OCC(=O)N(Cc2ccc(F)cc2)C(Cc2ccccc2)C(=O)NC2CCCC2)ccc1Br. The predicted molar refractivity (Wildman–Crippen MR) is 146 cm³/mol. The van der Waals surface area contributed by atoms with Crippen LogP contribution in [-0.2, 0) is 22.6 Å². The Labute approximate surface area is 226 Å². The molecule has 4 rings (SSSR count). The highest BCUT2D eigenvalue weighted by Crippen LogP contribution is 2.23. The molecule has 1 unspecified atom stereocenters. The van der Waals surface area contributed by atoms with Crippen molar-refractivity contribution in [3.63, 3.8) is 0 Å². The van der Waals surface area contributed by atoms with Crippen LogP contribution < -0.4 is 10.1 Å². The maximum absolute atomic E-state index is 13.7. The zero-order valence-corrected chi connectivity index (χ0v) is 22.5. The Morgan fingerprint density at radius 1 is 1.03 bits per heavy atom. The minimum absolute atomic E-state index is 0.121. The van der Waals surface area contributed by atoms with Crippen LogP contribution >= 0.6 is 15.9 Å². The molecule has 3 aromatic carbocycles. The summed E-state index contributed by atoms with van der Waals surface area (Å²) < 4.78 is 20.4. The van der Waals surface area contributed by atoms with Gasteiger partial charge >= 0.3 is 0 Å². The van der Waals surface area contributed by atoms with Crippen LogP contribution in [-0.4, -0.2) is 35.4 Å². The van der Waals surface area contributed by atoms with Crippen molar-refractivity contribution >= 4 is 27.7 Å². The number of rotatable bonds is 10. The Bertz CT molecular complexity index is 1200. The molecule has 5 nitrogen and oxygen atoms in total. The van der Waals surface area contributed by atoms with Crippen LogP contribution in [0.2, 0.25) is 0 Å². The lowest BCUT2D eigenvalue weighted by Gasteiger charge is -2.32. The van der Waals surface area contributed by atoms with Crippen molar-refractivity contribution in [2.75, 3.05) is 6.61 Å². The third kappa shape index (κ3) is 7.65. The van der Waals surface area contributed by atoms with Gasteiger partial charge in [-0.3, -0.25) is 9.59 Å². The summed E-state index contributed by atoms with van der Waals surface area (Å²) in [6.45, 7) is 1.89. The molecular weight excluding hydrogens is 535 g/mol. The van der Waals surface area contributed by atoms with E-state index in [9.17, 15) is 14.0 Å². The highest BCUT2D eigenvalue weighted by molar-refractivity contribution is 9.10. The van der Waals surface area contributed by atoms with Crippen molar-refractivity contribution in [1.82, 2.24) is 10.2 Å². The molecule has 37 heavy (non-hydrogen) atoms. The maximum atomic E-state index is 13.7. The second kappa shape index (κ2) is 12.9. The summed E-state index contributed by atoms with van der Waals surface area (Å²) in [5.41, 5.74) is 2.68. The molecule has 0 heterocycles. The quantitative estimate of drug-likeness (QED) is 0.328. The number of hydrogen-bond donors (Lipinski definition) is 1. The highest BCUT2D eigenvalue weighted by atomic mass is 79.9. The van der Waals surface area contributed by atoms with Crippen LogP contribution in [0.15, 0.2) is 77.3 Å². The first-order chi connectivity index (χ1) is 17.9. The zero-order chi connectivity index (χ0) is 26.2.